The van der Waals surface area contributed by atoms with E-state index in [0.29, 0.717) is 16.7 Å². The lowest BCUT2D eigenvalue weighted by Gasteiger charge is -1.95. The zero-order valence-corrected chi connectivity index (χ0v) is 7.03. The summed E-state index contributed by atoms with van der Waals surface area (Å²) >= 11 is 0. The first-order valence-electron chi connectivity index (χ1n) is 4.13. The number of allylic oxidation sites excluding steroid dienone is 1. The Kier molecular flexibility index (Phi) is 1.16. The number of rotatable bonds is 0. The largest absolute Gasteiger partial charge is 0.417 e. The van der Waals surface area contributed by atoms with Gasteiger partial charge in [-0.25, -0.2) is 4.79 Å². The molecule has 0 unspecified atom stereocenters. The lowest BCUT2D eigenvalue weighted by molar-refractivity contribution is 0.105. The summed E-state index contributed by atoms with van der Waals surface area (Å²) in [6.07, 6.45) is 3.23. The molecule has 0 spiro atoms. The number of aromatic nitrogens is 1. The van der Waals surface area contributed by atoms with Gasteiger partial charge >= 0.3 is 5.76 Å². The van der Waals surface area contributed by atoms with Crippen molar-refractivity contribution >= 4 is 23.0 Å². The van der Waals surface area contributed by atoms with Gasteiger partial charge in [-0.2, -0.15) is 0 Å². The molecule has 4 heteroatoms. The molecule has 14 heavy (non-hydrogen) atoms. The van der Waals surface area contributed by atoms with Gasteiger partial charge in [0.05, 0.1) is 5.52 Å². The van der Waals surface area contributed by atoms with E-state index in [1.165, 1.54) is 6.08 Å². The Morgan fingerprint density at radius 2 is 2.00 bits per heavy atom. The van der Waals surface area contributed by atoms with Crippen molar-refractivity contribution in [3.8, 4) is 0 Å². The van der Waals surface area contributed by atoms with E-state index in [0.717, 1.165) is 5.56 Å². The molecule has 0 saturated heterocycles. The van der Waals surface area contributed by atoms with Crippen LogP contribution in [0.1, 0.15) is 15.9 Å². The van der Waals surface area contributed by atoms with Crippen LogP contribution in [0.5, 0.6) is 0 Å². The average molecular weight is 187 g/mol. The van der Waals surface area contributed by atoms with Crippen LogP contribution < -0.4 is 5.76 Å². The first-order chi connectivity index (χ1) is 6.74. The minimum Gasteiger partial charge on any atom is -0.408 e. The molecule has 1 aromatic heterocycles. The SMILES string of the molecule is O=C1C=Cc2cc3[nH]c(=O)oc3cc21. The summed E-state index contributed by atoms with van der Waals surface area (Å²) in [6, 6.07) is 3.32. The number of ketones is 1. The van der Waals surface area contributed by atoms with Crippen molar-refractivity contribution in [3.63, 3.8) is 0 Å². The van der Waals surface area contributed by atoms with E-state index in [-0.39, 0.29) is 5.78 Å². The van der Waals surface area contributed by atoms with Gasteiger partial charge in [-0.1, -0.05) is 6.08 Å². The number of H-pyrrole nitrogens is 1. The predicted molar refractivity (Wildman–Crippen MR) is 50.2 cm³/mol. The normalized spacial score (nSPS) is 13.9. The molecular formula is C10H5NO3. The second-order valence-electron chi connectivity index (χ2n) is 3.15. The summed E-state index contributed by atoms with van der Waals surface area (Å²) in [6.45, 7) is 0. The average Bonchev–Trinajstić information content (AvgIpc) is 2.66. The molecule has 0 atom stereocenters. The van der Waals surface area contributed by atoms with Gasteiger partial charge in [-0.05, 0) is 23.8 Å². The van der Waals surface area contributed by atoms with Crippen molar-refractivity contribution in [1.29, 1.82) is 0 Å². The van der Waals surface area contributed by atoms with Crippen LogP contribution in [0.4, 0.5) is 0 Å². The third-order valence-electron chi connectivity index (χ3n) is 2.27. The Hall–Kier alpha value is -2.10. The van der Waals surface area contributed by atoms with Gasteiger partial charge < -0.3 is 4.42 Å². The number of hydrogen-bond acceptors (Lipinski definition) is 3. The summed E-state index contributed by atoms with van der Waals surface area (Å²) in [5.74, 6) is -0.550. The molecule has 0 aliphatic heterocycles. The van der Waals surface area contributed by atoms with Gasteiger partial charge in [-0.15, -0.1) is 0 Å². The Morgan fingerprint density at radius 1 is 1.14 bits per heavy atom. The first-order valence-corrected chi connectivity index (χ1v) is 4.13. The van der Waals surface area contributed by atoms with Gasteiger partial charge in [0.15, 0.2) is 11.4 Å². The standard InChI is InChI=1S/C10H5NO3/c12-8-2-1-5-3-7-9(4-6(5)8)14-10(13)11-7/h1-4H,(H,11,13). The number of carbonyl (C=O) groups excluding carboxylic acids is 1. The number of oxazole rings is 1. The molecular weight excluding hydrogens is 182 g/mol. The number of nitrogens with one attached hydrogen (secondary N) is 1. The number of aromatic amines is 1. The van der Waals surface area contributed by atoms with Gasteiger partial charge in [0, 0.05) is 5.56 Å². The zero-order valence-electron chi connectivity index (χ0n) is 7.03. The van der Waals surface area contributed by atoms with Crippen LogP contribution in [-0.2, 0) is 0 Å². The molecule has 0 saturated carbocycles. The molecule has 0 radical (unpaired) electrons. The minimum atomic E-state index is -0.500. The van der Waals surface area contributed by atoms with E-state index in [2.05, 4.69) is 4.98 Å². The highest BCUT2D eigenvalue weighted by molar-refractivity contribution is 6.15. The summed E-state index contributed by atoms with van der Waals surface area (Å²) in [4.78, 5) is 24.7. The fourth-order valence-corrected chi connectivity index (χ4v) is 1.62. The molecule has 1 aliphatic rings. The maximum absolute atomic E-state index is 11.3. The van der Waals surface area contributed by atoms with E-state index in [1.807, 2.05) is 0 Å². The smallest absolute Gasteiger partial charge is 0.408 e. The second kappa shape index (κ2) is 2.23. The van der Waals surface area contributed by atoms with E-state index in [4.69, 9.17) is 4.42 Å². The third-order valence-corrected chi connectivity index (χ3v) is 2.27. The fraction of sp³-hybridized carbons (Fsp3) is 0. The number of carbonyl (C=O) groups is 1. The zero-order chi connectivity index (χ0) is 9.71. The summed E-state index contributed by atoms with van der Waals surface area (Å²) in [5, 5.41) is 0. The third kappa shape index (κ3) is 0.821. The van der Waals surface area contributed by atoms with Crippen LogP contribution in [0.2, 0.25) is 0 Å². The Morgan fingerprint density at radius 3 is 2.86 bits per heavy atom. The fourth-order valence-electron chi connectivity index (χ4n) is 1.62. The quantitative estimate of drug-likeness (QED) is 0.676. The number of hydrogen-bond donors (Lipinski definition) is 1. The molecule has 4 nitrogen and oxygen atoms in total. The Labute approximate surface area is 77.8 Å². The predicted octanol–water partition coefficient (Wildman–Crippen LogP) is 1.33. The van der Waals surface area contributed by atoms with E-state index in [1.54, 1.807) is 18.2 Å². The summed E-state index contributed by atoms with van der Waals surface area (Å²) in [5.41, 5.74) is 2.44. The first kappa shape index (κ1) is 7.32. The molecule has 3 rings (SSSR count). The van der Waals surface area contributed by atoms with Crippen molar-refractivity contribution in [2.24, 2.45) is 0 Å². The highest BCUT2D eigenvalue weighted by Crippen LogP contribution is 2.24. The molecule has 1 N–H and O–H groups in total. The van der Waals surface area contributed by atoms with Crippen molar-refractivity contribution in [2.45, 2.75) is 0 Å². The summed E-state index contributed by atoms with van der Waals surface area (Å²) < 4.78 is 4.85. The second-order valence-corrected chi connectivity index (χ2v) is 3.15. The molecule has 1 aromatic carbocycles. The monoisotopic (exact) mass is 187 g/mol. The highest BCUT2D eigenvalue weighted by atomic mass is 16.4. The van der Waals surface area contributed by atoms with E-state index < -0.39 is 5.76 Å². The molecule has 1 aliphatic carbocycles. The van der Waals surface area contributed by atoms with Gasteiger partial charge in [0.2, 0.25) is 0 Å². The molecule has 68 valence electrons. The van der Waals surface area contributed by atoms with E-state index in [9.17, 15) is 9.59 Å². The Bertz CT molecular complexity index is 630. The topological polar surface area (TPSA) is 63.1 Å². The van der Waals surface area contributed by atoms with Crippen molar-refractivity contribution in [3.05, 3.63) is 39.9 Å². The van der Waals surface area contributed by atoms with Crippen LogP contribution >= 0.6 is 0 Å². The number of benzene rings is 1. The number of fused-ring (bicyclic) bond motifs is 2. The van der Waals surface area contributed by atoms with E-state index >= 15 is 0 Å². The van der Waals surface area contributed by atoms with Crippen LogP contribution in [-0.4, -0.2) is 10.8 Å². The Balaban J connectivity index is 2.46. The minimum absolute atomic E-state index is 0.0502. The van der Waals surface area contributed by atoms with Gasteiger partial charge in [-0.3, -0.25) is 9.78 Å². The van der Waals surface area contributed by atoms with Gasteiger partial charge in [0.25, 0.3) is 0 Å². The maximum Gasteiger partial charge on any atom is 0.417 e. The van der Waals surface area contributed by atoms with Crippen molar-refractivity contribution in [1.82, 2.24) is 4.98 Å². The van der Waals surface area contributed by atoms with Crippen LogP contribution in [0, 0.1) is 0 Å². The molecule has 0 fully saturated rings. The van der Waals surface area contributed by atoms with Gasteiger partial charge in [0.1, 0.15) is 0 Å². The highest BCUT2D eigenvalue weighted by Gasteiger charge is 2.16. The lowest BCUT2D eigenvalue weighted by Crippen LogP contribution is -1.93. The lowest BCUT2D eigenvalue weighted by atomic mass is 10.1. The van der Waals surface area contributed by atoms with Crippen LogP contribution in [0.15, 0.2) is 27.4 Å². The molecule has 1 heterocycles. The molecule has 2 aromatic rings. The molecule has 0 amide bonds. The summed E-state index contributed by atoms with van der Waals surface area (Å²) in [7, 11) is 0. The van der Waals surface area contributed by atoms with Crippen LogP contribution in [0.3, 0.4) is 0 Å². The molecule has 0 bridgehead atoms. The maximum atomic E-state index is 11.3. The van der Waals surface area contributed by atoms with Crippen LogP contribution in [0.25, 0.3) is 17.2 Å². The van der Waals surface area contributed by atoms with Crippen molar-refractivity contribution in [2.75, 3.05) is 0 Å². The van der Waals surface area contributed by atoms with Crippen molar-refractivity contribution < 1.29 is 9.21 Å².